The molecule has 2 heterocycles. The van der Waals surface area contributed by atoms with Gasteiger partial charge < -0.3 is 10.6 Å². The molecule has 0 aliphatic heterocycles. The number of carbonyl (C=O) groups excluding carboxylic acids is 1. The van der Waals surface area contributed by atoms with Crippen molar-refractivity contribution in [1.82, 2.24) is 20.1 Å². The van der Waals surface area contributed by atoms with E-state index in [1.165, 1.54) is 0 Å². The van der Waals surface area contributed by atoms with Crippen LogP contribution in [0.15, 0.2) is 85.3 Å². The Balaban J connectivity index is 1.42. The lowest BCUT2D eigenvalue weighted by molar-refractivity contribution is -0.118. The molecule has 178 valence electrons. The van der Waals surface area contributed by atoms with Crippen LogP contribution in [-0.4, -0.2) is 27.2 Å². The molecule has 0 radical (unpaired) electrons. The number of hydrogen-bond donors (Lipinski definition) is 2. The Morgan fingerprint density at radius 3 is 2.44 bits per heavy atom. The average molecular weight is 476 g/mol. The van der Waals surface area contributed by atoms with Crippen molar-refractivity contribution < 1.29 is 4.79 Å². The Morgan fingerprint density at radius 2 is 1.78 bits per heavy atom. The molecule has 2 unspecified atom stereocenters. The van der Waals surface area contributed by atoms with Gasteiger partial charge in [-0.3, -0.25) is 9.48 Å². The highest BCUT2D eigenvalue weighted by atomic mass is 16.2. The number of nitrogens with one attached hydrogen (secondary N) is 2. The maximum absolute atomic E-state index is 13.2. The zero-order valence-electron chi connectivity index (χ0n) is 19.8. The van der Waals surface area contributed by atoms with Gasteiger partial charge in [-0.25, -0.2) is 4.98 Å². The molecule has 2 aromatic carbocycles. The number of rotatable bonds is 9. The number of hydrogen-bond acceptors (Lipinski definition) is 6. The minimum absolute atomic E-state index is 0.211. The second-order valence-corrected chi connectivity index (χ2v) is 8.29. The Labute approximate surface area is 209 Å². The van der Waals surface area contributed by atoms with Gasteiger partial charge in [-0.15, -0.1) is 0 Å². The number of benzene rings is 2. The van der Waals surface area contributed by atoms with Gasteiger partial charge in [0.1, 0.15) is 17.9 Å². The smallest absolute Gasteiger partial charge is 0.247 e. The van der Waals surface area contributed by atoms with Crippen molar-refractivity contribution in [2.75, 3.05) is 11.9 Å². The van der Waals surface area contributed by atoms with E-state index in [2.05, 4.69) is 32.9 Å². The van der Waals surface area contributed by atoms with Crippen LogP contribution in [0.5, 0.6) is 0 Å². The van der Waals surface area contributed by atoms with Crippen molar-refractivity contribution >= 4 is 11.7 Å². The molecule has 4 rings (SSSR count). The molecule has 2 atom stereocenters. The highest BCUT2D eigenvalue weighted by Gasteiger charge is 2.20. The average Bonchev–Trinajstić information content (AvgIpc) is 3.42. The van der Waals surface area contributed by atoms with E-state index in [0.717, 1.165) is 22.3 Å². The number of nitrogens with zero attached hydrogens (tertiary/aromatic N) is 5. The SMILES string of the molecule is CC(C#N)n1cc(-c2ccc(NC(=O)C(NCCc3ccc(C#N)cc3)c3ccccc3)nc2)cn1. The van der Waals surface area contributed by atoms with Crippen LogP contribution in [0.25, 0.3) is 11.1 Å². The topological polar surface area (TPSA) is 119 Å². The molecule has 2 N–H and O–H groups in total. The lowest BCUT2D eigenvalue weighted by Crippen LogP contribution is -2.34. The summed E-state index contributed by atoms with van der Waals surface area (Å²) < 4.78 is 1.60. The molecule has 0 saturated carbocycles. The first-order valence-electron chi connectivity index (χ1n) is 11.6. The molecule has 2 aromatic heterocycles. The maximum atomic E-state index is 13.2. The van der Waals surface area contributed by atoms with Crippen molar-refractivity contribution in [1.29, 1.82) is 10.5 Å². The largest absolute Gasteiger partial charge is 0.309 e. The summed E-state index contributed by atoms with van der Waals surface area (Å²) in [5.41, 5.74) is 4.24. The van der Waals surface area contributed by atoms with E-state index in [9.17, 15) is 4.79 Å². The lowest BCUT2D eigenvalue weighted by Gasteiger charge is -2.19. The van der Waals surface area contributed by atoms with Crippen molar-refractivity contribution in [2.45, 2.75) is 25.4 Å². The van der Waals surface area contributed by atoms with Crippen LogP contribution in [0, 0.1) is 22.7 Å². The quantitative estimate of drug-likeness (QED) is 0.370. The molecule has 36 heavy (non-hydrogen) atoms. The molecule has 1 amide bonds. The normalized spacial score (nSPS) is 12.2. The molecule has 8 nitrogen and oxygen atoms in total. The molecular weight excluding hydrogens is 450 g/mol. The van der Waals surface area contributed by atoms with Gasteiger partial charge in [0.2, 0.25) is 5.91 Å². The van der Waals surface area contributed by atoms with E-state index < -0.39 is 6.04 Å². The minimum atomic E-state index is -0.559. The minimum Gasteiger partial charge on any atom is -0.309 e. The predicted octanol–water partition coefficient (Wildman–Crippen LogP) is 4.41. The van der Waals surface area contributed by atoms with Crippen LogP contribution in [0.1, 0.15) is 35.7 Å². The number of anilines is 1. The number of amides is 1. The van der Waals surface area contributed by atoms with Crippen LogP contribution in [0.4, 0.5) is 5.82 Å². The van der Waals surface area contributed by atoms with Crippen LogP contribution in [0.2, 0.25) is 0 Å². The Bertz CT molecular complexity index is 1380. The monoisotopic (exact) mass is 475 g/mol. The first-order valence-corrected chi connectivity index (χ1v) is 11.6. The fourth-order valence-corrected chi connectivity index (χ4v) is 3.71. The second-order valence-electron chi connectivity index (χ2n) is 8.29. The van der Waals surface area contributed by atoms with E-state index in [1.54, 1.807) is 48.4 Å². The summed E-state index contributed by atoms with van der Waals surface area (Å²) in [6, 6.07) is 23.9. The lowest BCUT2D eigenvalue weighted by atomic mass is 10.0. The zero-order chi connectivity index (χ0) is 25.3. The van der Waals surface area contributed by atoms with Gasteiger partial charge in [0, 0.05) is 30.1 Å². The zero-order valence-corrected chi connectivity index (χ0v) is 19.8. The number of nitriles is 2. The van der Waals surface area contributed by atoms with Crippen molar-refractivity contribution in [3.05, 3.63) is 102 Å². The summed E-state index contributed by atoms with van der Waals surface area (Å²) in [5, 5.41) is 28.5. The van der Waals surface area contributed by atoms with E-state index in [-0.39, 0.29) is 11.9 Å². The summed E-state index contributed by atoms with van der Waals surface area (Å²) in [4.78, 5) is 17.6. The van der Waals surface area contributed by atoms with Gasteiger partial charge in [-0.1, -0.05) is 42.5 Å². The summed E-state index contributed by atoms with van der Waals surface area (Å²) >= 11 is 0. The van der Waals surface area contributed by atoms with Crippen molar-refractivity contribution in [3.63, 3.8) is 0 Å². The Kier molecular flexibility index (Phi) is 7.82. The number of aromatic nitrogens is 3. The first kappa shape index (κ1) is 24.3. The summed E-state index contributed by atoms with van der Waals surface area (Å²) in [5.74, 6) is 0.230. The first-order chi connectivity index (χ1) is 17.6. The highest BCUT2D eigenvalue weighted by Crippen LogP contribution is 2.21. The third kappa shape index (κ3) is 6.01. The molecule has 8 heteroatoms. The van der Waals surface area contributed by atoms with Crippen molar-refractivity contribution in [2.24, 2.45) is 0 Å². The number of pyridine rings is 1. The standard InChI is InChI=1S/C28H25N7O/c1-20(15-29)35-19-25(18-33-35)24-11-12-26(32-17-24)34-28(36)27(23-5-3-2-4-6-23)31-14-13-21-7-9-22(16-30)10-8-21/h2-12,17-20,27,31H,13-14H2,1H3,(H,32,34,36). The molecular formula is C28H25N7O. The van der Waals surface area contributed by atoms with Crippen LogP contribution < -0.4 is 10.6 Å². The number of carbonyl (C=O) groups is 1. The van der Waals surface area contributed by atoms with Gasteiger partial charge in [0.05, 0.1) is 23.9 Å². The van der Waals surface area contributed by atoms with Crippen LogP contribution in [-0.2, 0) is 11.2 Å². The molecule has 0 bridgehead atoms. The summed E-state index contributed by atoms with van der Waals surface area (Å²) in [6.45, 7) is 2.35. The molecule has 0 spiro atoms. The fourth-order valence-electron chi connectivity index (χ4n) is 3.71. The summed E-state index contributed by atoms with van der Waals surface area (Å²) in [7, 11) is 0. The summed E-state index contributed by atoms with van der Waals surface area (Å²) in [6.07, 6.45) is 5.87. The van der Waals surface area contributed by atoms with E-state index in [4.69, 9.17) is 10.5 Å². The van der Waals surface area contributed by atoms with Gasteiger partial charge >= 0.3 is 0 Å². The van der Waals surface area contributed by atoms with Gasteiger partial charge in [0.15, 0.2) is 0 Å². The van der Waals surface area contributed by atoms with Crippen LogP contribution >= 0.6 is 0 Å². The highest BCUT2D eigenvalue weighted by molar-refractivity contribution is 5.95. The third-order valence-corrected chi connectivity index (χ3v) is 5.77. The van der Waals surface area contributed by atoms with Crippen molar-refractivity contribution in [3.8, 4) is 23.3 Å². The second kappa shape index (κ2) is 11.6. The van der Waals surface area contributed by atoms with Crippen LogP contribution in [0.3, 0.4) is 0 Å². The molecule has 0 saturated heterocycles. The predicted molar refractivity (Wildman–Crippen MR) is 136 cm³/mol. The maximum Gasteiger partial charge on any atom is 0.247 e. The van der Waals surface area contributed by atoms with E-state index in [1.807, 2.05) is 48.5 Å². The Morgan fingerprint density at radius 1 is 1.00 bits per heavy atom. The van der Waals surface area contributed by atoms with E-state index in [0.29, 0.717) is 24.3 Å². The van der Waals surface area contributed by atoms with Gasteiger partial charge in [-0.05, 0) is 48.7 Å². The molecule has 0 aliphatic rings. The fraction of sp³-hybridized carbons (Fsp3) is 0.179. The van der Waals surface area contributed by atoms with Gasteiger partial charge in [0.25, 0.3) is 0 Å². The van der Waals surface area contributed by atoms with E-state index >= 15 is 0 Å². The Hall–Kier alpha value is -4.79. The molecule has 4 aromatic rings. The van der Waals surface area contributed by atoms with Gasteiger partial charge in [-0.2, -0.15) is 15.6 Å². The third-order valence-electron chi connectivity index (χ3n) is 5.77. The molecule has 0 fully saturated rings. The molecule has 0 aliphatic carbocycles.